The molecule has 1 aliphatic carbocycles. The zero-order valence-electron chi connectivity index (χ0n) is 17.0. The minimum Gasteiger partial charge on any atom is -0.396 e. The Bertz CT molecular complexity index is 1020. The summed E-state index contributed by atoms with van der Waals surface area (Å²) in [6.45, 7) is 0.391. The van der Waals surface area contributed by atoms with Crippen LogP contribution in [-0.2, 0) is 13.0 Å². The van der Waals surface area contributed by atoms with Crippen LogP contribution in [0.25, 0.3) is 11.4 Å². The maximum absolute atomic E-state index is 14.1. The molecule has 7 heteroatoms. The Kier molecular flexibility index (Phi) is 6.65. The summed E-state index contributed by atoms with van der Waals surface area (Å²) in [6.07, 6.45) is 1.98. The molecule has 1 fully saturated rings. The molecule has 31 heavy (non-hydrogen) atoms. The van der Waals surface area contributed by atoms with E-state index in [1.165, 1.54) is 18.2 Å². The van der Waals surface area contributed by atoms with Crippen LogP contribution in [0.15, 0.2) is 60.8 Å². The summed E-state index contributed by atoms with van der Waals surface area (Å²) < 4.78 is 27.3. The molecule has 1 aliphatic rings. The zero-order chi connectivity index (χ0) is 21.8. The molecule has 4 rings (SSSR count). The zero-order valence-corrected chi connectivity index (χ0v) is 17.0. The number of aliphatic hydroxyl groups excluding tert-OH is 2. The Morgan fingerprint density at radius 2 is 1.77 bits per heavy atom. The first-order chi connectivity index (χ1) is 15.0. The molecule has 5 nitrogen and oxygen atoms in total. The fraction of sp³-hybridized carbons (Fsp3) is 0.333. The molecule has 0 radical (unpaired) electrons. The van der Waals surface area contributed by atoms with E-state index < -0.39 is 6.10 Å². The van der Waals surface area contributed by atoms with E-state index in [1.54, 1.807) is 42.6 Å². The minimum absolute atomic E-state index is 0.0518. The number of nitrogens with one attached hydrogen (secondary N) is 1. The summed E-state index contributed by atoms with van der Waals surface area (Å²) in [5.74, 6) is -0.720. The molecule has 0 aliphatic heterocycles. The highest BCUT2D eigenvalue weighted by Crippen LogP contribution is 2.35. The number of aliphatic hydroxyl groups is 2. The number of aromatic nitrogens is 2. The van der Waals surface area contributed by atoms with E-state index in [2.05, 4.69) is 15.3 Å². The molecule has 0 spiro atoms. The smallest absolute Gasteiger partial charge is 0.162 e. The van der Waals surface area contributed by atoms with Crippen molar-refractivity contribution in [2.75, 3.05) is 6.61 Å². The fourth-order valence-electron chi connectivity index (χ4n) is 4.35. The highest BCUT2D eigenvalue weighted by atomic mass is 19.1. The normalized spacial score (nSPS) is 23.2. The second kappa shape index (κ2) is 9.60. The third-order valence-corrected chi connectivity index (χ3v) is 6.02. The van der Waals surface area contributed by atoms with Gasteiger partial charge in [-0.05, 0) is 54.7 Å². The van der Waals surface area contributed by atoms with Gasteiger partial charge in [-0.15, -0.1) is 0 Å². The van der Waals surface area contributed by atoms with Crippen molar-refractivity contribution in [3.05, 3.63) is 83.7 Å². The Morgan fingerprint density at radius 3 is 2.52 bits per heavy atom. The minimum atomic E-state index is -0.631. The van der Waals surface area contributed by atoms with Gasteiger partial charge in [-0.25, -0.2) is 18.7 Å². The van der Waals surface area contributed by atoms with Crippen molar-refractivity contribution >= 4 is 0 Å². The first kappa shape index (κ1) is 21.5. The van der Waals surface area contributed by atoms with Crippen molar-refractivity contribution in [1.82, 2.24) is 15.3 Å². The summed E-state index contributed by atoms with van der Waals surface area (Å²) >= 11 is 0. The second-order valence-corrected chi connectivity index (χ2v) is 7.98. The SMILES string of the molecule is OCC1C(O)CC(NCc2ccc(F)cc2)C1Cc1ccnc(-c2ccccc2F)n1. The molecule has 3 N–H and O–H groups in total. The van der Waals surface area contributed by atoms with E-state index in [4.69, 9.17) is 0 Å². The van der Waals surface area contributed by atoms with Gasteiger partial charge in [0.2, 0.25) is 0 Å². The van der Waals surface area contributed by atoms with E-state index in [0.29, 0.717) is 30.8 Å². The van der Waals surface area contributed by atoms with Gasteiger partial charge < -0.3 is 15.5 Å². The topological polar surface area (TPSA) is 78.3 Å². The molecular weight excluding hydrogens is 400 g/mol. The lowest BCUT2D eigenvalue weighted by atomic mass is 9.88. The molecule has 0 saturated heterocycles. The van der Waals surface area contributed by atoms with Crippen LogP contribution >= 0.6 is 0 Å². The van der Waals surface area contributed by atoms with Crippen LogP contribution in [0, 0.1) is 23.5 Å². The van der Waals surface area contributed by atoms with Gasteiger partial charge in [0.1, 0.15) is 11.6 Å². The first-order valence-electron chi connectivity index (χ1n) is 10.4. The van der Waals surface area contributed by atoms with Gasteiger partial charge in [-0.1, -0.05) is 24.3 Å². The van der Waals surface area contributed by atoms with Gasteiger partial charge >= 0.3 is 0 Å². The summed E-state index contributed by atoms with van der Waals surface area (Å²) in [7, 11) is 0. The molecule has 2 aromatic carbocycles. The Hall–Kier alpha value is -2.74. The average Bonchev–Trinajstić information content (AvgIpc) is 3.08. The Balaban J connectivity index is 1.52. The highest BCUT2D eigenvalue weighted by Gasteiger charge is 2.42. The van der Waals surface area contributed by atoms with E-state index in [-0.39, 0.29) is 36.1 Å². The van der Waals surface area contributed by atoms with Crippen LogP contribution in [-0.4, -0.2) is 38.9 Å². The van der Waals surface area contributed by atoms with Crippen LogP contribution in [0.4, 0.5) is 8.78 Å². The molecule has 4 atom stereocenters. The lowest BCUT2D eigenvalue weighted by Gasteiger charge is -2.25. The first-order valence-corrected chi connectivity index (χ1v) is 10.4. The quantitative estimate of drug-likeness (QED) is 0.542. The third-order valence-electron chi connectivity index (χ3n) is 6.02. The predicted molar refractivity (Wildman–Crippen MR) is 113 cm³/mol. The van der Waals surface area contributed by atoms with E-state index in [9.17, 15) is 19.0 Å². The molecule has 0 amide bonds. The van der Waals surface area contributed by atoms with Crippen LogP contribution < -0.4 is 5.32 Å². The molecule has 1 heterocycles. The summed E-state index contributed by atoms with van der Waals surface area (Å²) in [6, 6.07) is 14.4. The standard InChI is InChI=1S/C24H25F2N3O2/c25-16-7-5-15(6-8-16)13-28-22-12-23(31)20(14-30)19(22)11-17-9-10-27-24(29-17)18-3-1-2-4-21(18)26/h1-10,19-20,22-23,28,30-31H,11-14H2. The van der Waals surface area contributed by atoms with Gasteiger partial charge in [-0.3, -0.25) is 0 Å². The fourth-order valence-corrected chi connectivity index (χ4v) is 4.35. The number of nitrogens with zero attached hydrogens (tertiary/aromatic N) is 2. The summed E-state index contributed by atoms with van der Waals surface area (Å²) in [5.41, 5.74) is 1.99. The van der Waals surface area contributed by atoms with E-state index in [1.807, 2.05) is 0 Å². The molecule has 4 unspecified atom stereocenters. The van der Waals surface area contributed by atoms with Gasteiger partial charge in [0.05, 0.1) is 11.7 Å². The van der Waals surface area contributed by atoms with Gasteiger partial charge in [0.25, 0.3) is 0 Å². The lowest BCUT2D eigenvalue weighted by Crippen LogP contribution is -2.36. The Labute approximate surface area is 179 Å². The van der Waals surface area contributed by atoms with Crippen molar-refractivity contribution in [1.29, 1.82) is 0 Å². The number of rotatable bonds is 7. The van der Waals surface area contributed by atoms with Crippen LogP contribution in [0.5, 0.6) is 0 Å². The van der Waals surface area contributed by atoms with Crippen molar-refractivity contribution in [3.8, 4) is 11.4 Å². The van der Waals surface area contributed by atoms with Gasteiger partial charge in [-0.2, -0.15) is 0 Å². The predicted octanol–water partition coefficient (Wildman–Crippen LogP) is 3.11. The number of hydrogen-bond acceptors (Lipinski definition) is 5. The van der Waals surface area contributed by atoms with Crippen LogP contribution in [0.2, 0.25) is 0 Å². The average molecular weight is 425 g/mol. The third kappa shape index (κ3) is 4.95. The van der Waals surface area contributed by atoms with E-state index in [0.717, 1.165) is 11.3 Å². The monoisotopic (exact) mass is 425 g/mol. The number of hydrogen-bond donors (Lipinski definition) is 3. The second-order valence-electron chi connectivity index (χ2n) is 7.98. The highest BCUT2D eigenvalue weighted by molar-refractivity contribution is 5.55. The summed E-state index contributed by atoms with van der Waals surface area (Å²) in [4.78, 5) is 8.74. The van der Waals surface area contributed by atoms with Crippen molar-refractivity contribution < 1.29 is 19.0 Å². The van der Waals surface area contributed by atoms with Crippen molar-refractivity contribution in [3.63, 3.8) is 0 Å². The van der Waals surface area contributed by atoms with E-state index >= 15 is 0 Å². The number of halogens is 2. The van der Waals surface area contributed by atoms with Crippen LogP contribution in [0.3, 0.4) is 0 Å². The van der Waals surface area contributed by atoms with Crippen molar-refractivity contribution in [2.45, 2.75) is 31.5 Å². The van der Waals surface area contributed by atoms with Gasteiger partial charge in [0.15, 0.2) is 5.82 Å². The van der Waals surface area contributed by atoms with Crippen LogP contribution in [0.1, 0.15) is 17.7 Å². The molecule has 0 bridgehead atoms. The van der Waals surface area contributed by atoms with Crippen molar-refractivity contribution in [2.24, 2.45) is 11.8 Å². The molecule has 162 valence electrons. The molecule has 3 aromatic rings. The van der Waals surface area contributed by atoms with Gasteiger partial charge in [0, 0.05) is 37.0 Å². The molecular formula is C24H25F2N3O2. The number of benzene rings is 2. The molecule has 1 saturated carbocycles. The Morgan fingerprint density at radius 1 is 1.00 bits per heavy atom. The largest absolute Gasteiger partial charge is 0.396 e. The maximum Gasteiger partial charge on any atom is 0.162 e. The summed E-state index contributed by atoms with van der Waals surface area (Å²) in [5, 5.41) is 23.8. The lowest BCUT2D eigenvalue weighted by molar-refractivity contribution is 0.0716. The maximum atomic E-state index is 14.1. The molecule has 1 aromatic heterocycles.